The third-order valence-electron chi connectivity index (χ3n) is 3.21. The van der Waals surface area contributed by atoms with Gasteiger partial charge < -0.3 is 15.4 Å². The van der Waals surface area contributed by atoms with Crippen molar-refractivity contribution in [1.29, 1.82) is 0 Å². The predicted octanol–water partition coefficient (Wildman–Crippen LogP) is 1.62. The molecule has 0 spiro atoms. The molecule has 5 heteroatoms. The van der Waals surface area contributed by atoms with Gasteiger partial charge in [0.05, 0.1) is 0 Å². The molecular formula is C11H21ClN2O2. The maximum atomic E-state index is 11.7. The maximum absolute atomic E-state index is 11.7. The summed E-state index contributed by atoms with van der Waals surface area (Å²) in [5.74, 6) is 1.18. The van der Waals surface area contributed by atoms with Crippen LogP contribution in [0.5, 0.6) is 0 Å². The summed E-state index contributed by atoms with van der Waals surface area (Å²) in [6.45, 7) is 7.24. The lowest BCUT2D eigenvalue weighted by Gasteiger charge is -2.29. The Morgan fingerprint density at radius 3 is 2.50 bits per heavy atom. The lowest BCUT2D eigenvalue weighted by Crippen LogP contribution is -2.40. The predicted molar refractivity (Wildman–Crippen MR) is 64.6 cm³/mol. The van der Waals surface area contributed by atoms with E-state index in [0.717, 1.165) is 19.5 Å². The monoisotopic (exact) mass is 248 g/mol. The number of hydrogen-bond donors (Lipinski definition) is 1. The summed E-state index contributed by atoms with van der Waals surface area (Å²) in [7, 11) is 0. The van der Waals surface area contributed by atoms with Crippen molar-refractivity contribution in [3.05, 3.63) is 0 Å². The van der Waals surface area contributed by atoms with Gasteiger partial charge in [-0.15, -0.1) is 12.4 Å². The topological polar surface area (TPSA) is 55.6 Å². The Balaban J connectivity index is 0.00000128. The third kappa shape index (κ3) is 2.80. The van der Waals surface area contributed by atoms with Crippen molar-refractivity contribution in [2.24, 2.45) is 17.6 Å². The number of halogens is 1. The highest BCUT2D eigenvalue weighted by Crippen LogP contribution is 2.43. The van der Waals surface area contributed by atoms with Gasteiger partial charge in [-0.3, -0.25) is 0 Å². The summed E-state index contributed by atoms with van der Waals surface area (Å²) in [6.07, 6.45) is 0.838. The Labute approximate surface area is 103 Å². The fourth-order valence-electron chi connectivity index (χ4n) is 2.28. The Bertz CT molecular complexity index is 278. The van der Waals surface area contributed by atoms with Crippen molar-refractivity contribution in [3.63, 3.8) is 0 Å². The highest BCUT2D eigenvalue weighted by atomic mass is 35.5. The van der Waals surface area contributed by atoms with Crippen molar-refractivity contribution in [2.75, 3.05) is 13.1 Å². The smallest absolute Gasteiger partial charge is 0.410 e. The molecular weight excluding hydrogens is 228 g/mol. The Morgan fingerprint density at radius 1 is 1.38 bits per heavy atom. The van der Waals surface area contributed by atoms with E-state index in [1.54, 1.807) is 4.90 Å². The van der Waals surface area contributed by atoms with Crippen LogP contribution in [0.1, 0.15) is 27.2 Å². The summed E-state index contributed by atoms with van der Waals surface area (Å²) in [5.41, 5.74) is 5.48. The zero-order valence-corrected chi connectivity index (χ0v) is 10.9. The fraction of sp³-hybridized carbons (Fsp3) is 0.909. The largest absolute Gasteiger partial charge is 0.444 e. The fourth-order valence-corrected chi connectivity index (χ4v) is 2.28. The minimum atomic E-state index is -0.403. The molecule has 0 unspecified atom stereocenters. The molecule has 0 aromatic rings. The highest BCUT2D eigenvalue weighted by Gasteiger charge is 2.51. The zero-order chi connectivity index (χ0) is 11.2. The van der Waals surface area contributed by atoms with Crippen molar-refractivity contribution in [2.45, 2.75) is 38.8 Å². The van der Waals surface area contributed by atoms with Crippen LogP contribution in [0.4, 0.5) is 4.79 Å². The molecule has 16 heavy (non-hydrogen) atoms. The molecule has 0 radical (unpaired) electrons. The summed E-state index contributed by atoms with van der Waals surface area (Å²) in [5, 5.41) is 0. The molecule has 0 aromatic heterocycles. The number of rotatable bonds is 0. The van der Waals surface area contributed by atoms with Gasteiger partial charge in [0.1, 0.15) is 5.60 Å². The lowest BCUT2D eigenvalue weighted by atomic mass is 10.1. The van der Waals surface area contributed by atoms with Gasteiger partial charge in [0.2, 0.25) is 0 Å². The second-order valence-corrected chi connectivity index (χ2v) is 5.62. The van der Waals surface area contributed by atoms with Crippen LogP contribution in [0.25, 0.3) is 0 Å². The number of nitrogens with two attached hydrogens (primary N) is 1. The van der Waals surface area contributed by atoms with E-state index in [-0.39, 0.29) is 18.5 Å². The van der Waals surface area contributed by atoms with Gasteiger partial charge in [-0.25, -0.2) is 4.79 Å². The summed E-state index contributed by atoms with van der Waals surface area (Å²) < 4.78 is 5.33. The molecule has 2 N–H and O–H groups in total. The first-order chi connectivity index (χ1) is 6.88. The van der Waals surface area contributed by atoms with Gasteiger partial charge >= 0.3 is 6.09 Å². The Morgan fingerprint density at radius 2 is 2.00 bits per heavy atom. The molecule has 1 heterocycles. The molecule has 1 aliphatic carbocycles. The van der Waals surface area contributed by atoms with Crippen LogP contribution in [0.15, 0.2) is 0 Å². The normalized spacial score (nSPS) is 32.5. The molecule has 2 aliphatic rings. The molecule has 1 saturated carbocycles. The van der Waals surface area contributed by atoms with Crippen molar-refractivity contribution >= 4 is 18.5 Å². The highest BCUT2D eigenvalue weighted by molar-refractivity contribution is 5.85. The first kappa shape index (κ1) is 13.6. The number of hydrogen-bond acceptors (Lipinski definition) is 3. The number of amides is 1. The second kappa shape index (κ2) is 4.41. The SMILES string of the molecule is CC(C)(C)OC(=O)N1CC[C@@H]2[C@@H](N)[C@@H]2C1.Cl. The molecule has 3 atom stereocenters. The Hall–Kier alpha value is -0.480. The van der Waals surface area contributed by atoms with Crippen LogP contribution >= 0.6 is 12.4 Å². The zero-order valence-electron chi connectivity index (χ0n) is 10.1. The van der Waals surface area contributed by atoms with E-state index in [2.05, 4.69) is 0 Å². The molecule has 2 fully saturated rings. The van der Waals surface area contributed by atoms with E-state index in [4.69, 9.17) is 10.5 Å². The first-order valence-corrected chi connectivity index (χ1v) is 5.62. The van der Waals surface area contributed by atoms with Crippen LogP contribution in [0, 0.1) is 11.8 Å². The summed E-state index contributed by atoms with van der Waals surface area (Å²) >= 11 is 0. The molecule has 2 rings (SSSR count). The lowest BCUT2D eigenvalue weighted by molar-refractivity contribution is 0.0207. The van der Waals surface area contributed by atoms with Crippen LogP contribution in [0.2, 0.25) is 0 Å². The number of piperidine rings is 1. The minimum Gasteiger partial charge on any atom is -0.444 e. The third-order valence-corrected chi connectivity index (χ3v) is 3.21. The number of fused-ring (bicyclic) bond motifs is 1. The molecule has 1 saturated heterocycles. The van der Waals surface area contributed by atoms with E-state index in [1.807, 2.05) is 20.8 Å². The standard InChI is InChI=1S/C11H20N2O2.ClH/c1-11(2,3)15-10(14)13-5-4-7-8(6-13)9(7)12;/h7-9H,4-6,12H2,1-3H3;1H/t7-,8+,9+;/m0./s1. The molecule has 94 valence electrons. The minimum absolute atomic E-state index is 0. The van der Waals surface area contributed by atoms with Crippen LogP contribution in [-0.4, -0.2) is 35.7 Å². The van der Waals surface area contributed by atoms with Crippen LogP contribution in [-0.2, 0) is 4.74 Å². The van der Waals surface area contributed by atoms with Crippen molar-refractivity contribution < 1.29 is 9.53 Å². The van der Waals surface area contributed by atoms with E-state index < -0.39 is 5.60 Å². The average Bonchev–Trinajstić information content (AvgIpc) is 2.74. The molecule has 4 nitrogen and oxygen atoms in total. The van der Waals surface area contributed by atoms with Gasteiger partial charge in [0.25, 0.3) is 0 Å². The number of likely N-dealkylation sites (tertiary alicyclic amines) is 1. The van der Waals surface area contributed by atoms with E-state index in [1.165, 1.54) is 0 Å². The second-order valence-electron chi connectivity index (χ2n) is 5.62. The average molecular weight is 249 g/mol. The number of carbonyl (C=O) groups is 1. The van der Waals surface area contributed by atoms with Crippen LogP contribution in [0.3, 0.4) is 0 Å². The number of carbonyl (C=O) groups excluding carboxylic acids is 1. The molecule has 1 amide bonds. The maximum Gasteiger partial charge on any atom is 0.410 e. The molecule has 0 aromatic carbocycles. The molecule has 0 bridgehead atoms. The molecule has 1 aliphatic heterocycles. The van der Waals surface area contributed by atoms with Crippen molar-refractivity contribution in [3.8, 4) is 0 Å². The van der Waals surface area contributed by atoms with Gasteiger partial charge in [-0.1, -0.05) is 0 Å². The van der Waals surface area contributed by atoms with E-state index in [0.29, 0.717) is 17.9 Å². The van der Waals surface area contributed by atoms with Gasteiger partial charge in [0, 0.05) is 19.1 Å². The number of nitrogens with zero attached hydrogens (tertiary/aromatic N) is 1. The summed E-state index contributed by atoms with van der Waals surface area (Å²) in [4.78, 5) is 13.5. The summed E-state index contributed by atoms with van der Waals surface area (Å²) in [6, 6.07) is 0.317. The van der Waals surface area contributed by atoms with Gasteiger partial charge in [-0.05, 0) is 39.0 Å². The van der Waals surface area contributed by atoms with Crippen molar-refractivity contribution in [1.82, 2.24) is 4.90 Å². The van der Waals surface area contributed by atoms with Gasteiger partial charge in [-0.2, -0.15) is 0 Å². The Kier molecular flexibility index (Phi) is 3.75. The van der Waals surface area contributed by atoms with Crippen LogP contribution < -0.4 is 5.73 Å². The first-order valence-electron chi connectivity index (χ1n) is 5.62. The van der Waals surface area contributed by atoms with E-state index >= 15 is 0 Å². The van der Waals surface area contributed by atoms with E-state index in [9.17, 15) is 4.79 Å². The number of ether oxygens (including phenoxy) is 1. The van der Waals surface area contributed by atoms with Gasteiger partial charge in [0.15, 0.2) is 0 Å². The quantitative estimate of drug-likeness (QED) is 0.709.